The Labute approximate surface area is 120 Å². The van der Waals surface area contributed by atoms with Crippen LogP contribution in [0.3, 0.4) is 0 Å². The number of halogens is 1. The number of rotatable bonds is 2. The number of imide groups is 1. The number of hydrogen-bond donors (Lipinski definition) is 0. The fraction of sp³-hybridized carbons (Fsp3) is 0.308. The maximum Gasteiger partial charge on any atom is 0.422 e. The summed E-state index contributed by atoms with van der Waals surface area (Å²) in [6.45, 7) is 5.10. The van der Waals surface area contributed by atoms with Gasteiger partial charge in [0.05, 0.1) is 5.56 Å². The molecule has 0 atom stereocenters. The van der Waals surface area contributed by atoms with Crippen LogP contribution >= 0.6 is 15.9 Å². The molecule has 1 heterocycles. The number of hydrogen-bond acceptors (Lipinski definition) is 4. The third kappa shape index (κ3) is 4.07. The summed E-state index contributed by atoms with van der Waals surface area (Å²) in [5.74, 6) is 2.43. The molecule has 1 aromatic heterocycles. The Kier molecular flexibility index (Phi) is 4.67. The van der Waals surface area contributed by atoms with E-state index >= 15 is 0 Å². The molecule has 6 heteroatoms. The minimum Gasteiger partial charge on any atom is -0.443 e. The molecule has 0 N–H and O–H groups in total. The Hall–Kier alpha value is -1.87. The number of anilines is 1. The molecule has 0 bridgehead atoms. The Bertz CT molecular complexity index is 544. The van der Waals surface area contributed by atoms with Crippen LogP contribution in [0.1, 0.15) is 26.3 Å². The van der Waals surface area contributed by atoms with E-state index in [1.54, 1.807) is 26.8 Å². The molecule has 0 aliphatic rings. The van der Waals surface area contributed by atoms with Crippen molar-refractivity contribution < 1.29 is 14.3 Å². The summed E-state index contributed by atoms with van der Waals surface area (Å²) in [6, 6.07) is 1.59. The molecule has 0 aliphatic carbocycles. The molecule has 5 nitrogen and oxygen atoms in total. The number of amides is 2. The van der Waals surface area contributed by atoms with E-state index in [4.69, 9.17) is 11.2 Å². The van der Waals surface area contributed by atoms with Crippen LogP contribution in [0.2, 0.25) is 0 Å². The van der Waals surface area contributed by atoms with Gasteiger partial charge >= 0.3 is 6.09 Å². The molecule has 0 aromatic carbocycles. The minimum absolute atomic E-state index is 0.0648. The van der Waals surface area contributed by atoms with E-state index in [1.807, 2.05) is 0 Å². The fourth-order valence-corrected chi connectivity index (χ4v) is 1.55. The number of aromatic nitrogens is 1. The molecule has 0 saturated heterocycles. The zero-order valence-electron chi connectivity index (χ0n) is 10.8. The number of carbonyl (C=O) groups is 2. The molecule has 1 aromatic rings. The first-order chi connectivity index (χ1) is 8.78. The number of nitrogens with zero attached hydrogens (tertiary/aromatic N) is 2. The van der Waals surface area contributed by atoms with Gasteiger partial charge in [-0.3, -0.25) is 4.79 Å². The third-order valence-electron chi connectivity index (χ3n) is 1.91. The van der Waals surface area contributed by atoms with Gasteiger partial charge in [-0.15, -0.1) is 6.42 Å². The van der Waals surface area contributed by atoms with Crippen molar-refractivity contribution >= 4 is 34.3 Å². The van der Waals surface area contributed by atoms with Crippen LogP contribution < -0.4 is 4.90 Å². The lowest BCUT2D eigenvalue weighted by molar-refractivity contribution is -0.107. The van der Waals surface area contributed by atoms with Gasteiger partial charge in [0.25, 0.3) is 0 Å². The highest BCUT2D eigenvalue weighted by Crippen LogP contribution is 2.21. The largest absolute Gasteiger partial charge is 0.443 e. The summed E-state index contributed by atoms with van der Waals surface area (Å²) in [5, 5.41) is 0. The van der Waals surface area contributed by atoms with E-state index in [-0.39, 0.29) is 5.82 Å². The summed E-state index contributed by atoms with van der Waals surface area (Å²) in [4.78, 5) is 27.7. The van der Waals surface area contributed by atoms with E-state index in [0.29, 0.717) is 16.4 Å². The second-order valence-electron chi connectivity index (χ2n) is 4.62. The molecule has 0 aliphatic heterocycles. The summed E-state index contributed by atoms with van der Waals surface area (Å²) in [6.07, 6.45) is 6.27. The molecular weight excluding hydrogens is 312 g/mol. The highest BCUT2D eigenvalue weighted by atomic mass is 79.9. The summed E-state index contributed by atoms with van der Waals surface area (Å²) >= 11 is 3.21. The molecule has 0 radical (unpaired) electrons. The highest BCUT2D eigenvalue weighted by molar-refractivity contribution is 9.10. The van der Waals surface area contributed by atoms with Gasteiger partial charge in [-0.1, -0.05) is 5.92 Å². The van der Waals surface area contributed by atoms with Crippen LogP contribution in [0.5, 0.6) is 0 Å². The van der Waals surface area contributed by atoms with Gasteiger partial charge in [0.2, 0.25) is 6.41 Å². The van der Waals surface area contributed by atoms with Crippen molar-refractivity contribution in [2.24, 2.45) is 0 Å². The van der Waals surface area contributed by atoms with Gasteiger partial charge in [0.1, 0.15) is 5.60 Å². The van der Waals surface area contributed by atoms with E-state index < -0.39 is 11.7 Å². The van der Waals surface area contributed by atoms with E-state index in [2.05, 4.69) is 26.8 Å². The lowest BCUT2D eigenvalue weighted by Crippen LogP contribution is -2.36. The van der Waals surface area contributed by atoms with Crippen molar-refractivity contribution in [3.8, 4) is 12.3 Å². The Morgan fingerprint density at radius 1 is 1.58 bits per heavy atom. The fourth-order valence-electron chi connectivity index (χ4n) is 1.22. The van der Waals surface area contributed by atoms with Gasteiger partial charge in [0, 0.05) is 10.7 Å². The molecule has 0 saturated carbocycles. The van der Waals surface area contributed by atoms with E-state index in [1.165, 1.54) is 6.20 Å². The van der Waals surface area contributed by atoms with Crippen molar-refractivity contribution in [2.75, 3.05) is 4.90 Å². The first-order valence-electron chi connectivity index (χ1n) is 5.38. The number of pyridine rings is 1. The lowest BCUT2D eigenvalue weighted by Gasteiger charge is -2.23. The number of ether oxygens (including phenoxy) is 1. The maximum absolute atomic E-state index is 11.9. The number of carbonyl (C=O) groups excluding carboxylic acids is 2. The van der Waals surface area contributed by atoms with Crippen LogP contribution in [-0.4, -0.2) is 23.1 Å². The molecule has 1 rings (SSSR count). The first kappa shape index (κ1) is 15.2. The maximum atomic E-state index is 11.9. The zero-order valence-corrected chi connectivity index (χ0v) is 12.4. The van der Waals surface area contributed by atoms with Gasteiger partial charge in [-0.25, -0.2) is 9.78 Å². The smallest absolute Gasteiger partial charge is 0.422 e. The van der Waals surface area contributed by atoms with Crippen LogP contribution in [0, 0.1) is 12.3 Å². The van der Waals surface area contributed by atoms with Crippen molar-refractivity contribution in [1.29, 1.82) is 0 Å². The van der Waals surface area contributed by atoms with Crippen molar-refractivity contribution in [2.45, 2.75) is 26.4 Å². The SMILES string of the molecule is C#Cc1cc(Br)cnc1N(C=O)C(=O)OC(C)(C)C. The average Bonchev–Trinajstić information content (AvgIpc) is 2.29. The van der Waals surface area contributed by atoms with Crippen LogP contribution in [0.15, 0.2) is 16.7 Å². The molecule has 2 amide bonds. The minimum atomic E-state index is -0.825. The Morgan fingerprint density at radius 2 is 2.21 bits per heavy atom. The van der Waals surface area contributed by atoms with Crippen LogP contribution in [-0.2, 0) is 9.53 Å². The Balaban J connectivity index is 3.15. The zero-order chi connectivity index (χ0) is 14.6. The third-order valence-corrected chi connectivity index (χ3v) is 2.35. The first-order valence-corrected chi connectivity index (χ1v) is 6.17. The Morgan fingerprint density at radius 3 is 2.68 bits per heavy atom. The molecular formula is C13H13BrN2O3. The molecule has 0 spiro atoms. The summed E-state index contributed by atoms with van der Waals surface area (Å²) in [7, 11) is 0. The summed E-state index contributed by atoms with van der Waals surface area (Å²) in [5.41, 5.74) is -0.406. The van der Waals surface area contributed by atoms with Crippen molar-refractivity contribution in [3.05, 3.63) is 22.3 Å². The van der Waals surface area contributed by atoms with Crippen LogP contribution in [0.4, 0.5) is 10.6 Å². The van der Waals surface area contributed by atoms with Crippen molar-refractivity contribution in [3.63, 3.8) is 0 Å². The highest BCUT2D eigenvalue weighted by Gasteiger charge is 2.25. The quantitative estimate of drug-likeness (QED) is 0.620. The van der Waals surface area contributed by atoms with Crippen molar-refractivity contribution in [1.82, 2.24) is 4.98 Å². The molecule has 100 valence electrons. The molecule has 0 unspecified atom stereocenters. The summed E-state index contributed by atoms with van der Waals surface area (Å²) < 4.78 is 5.76. The van der Waals surface area contributed by atoms with E-state index in [0.717, 1.165) is 4.90 Å². The van der Waals surface area contributed by atoms with Gasteiger partial charge in [-0.2, -0.15) is 4.90 Å². The average molecular weight is 325 g/mol. The monoisotopic (exact) mass is 324 g/mol. The topological polar surface area (TPSA) is 59.5 Å². The normalized spacial score (nSPS) is 10.5. The van der Waals surface area contributed by atoms with Gasteiger partial charge in [0.15, 0.2) is 5.82 Å². The van der Waals surface area contributed by atoms with Gasteiger partial charge in [-0.05, 0) is 42.8 Å². The predicted molar refractivity (Wildman–Crippen MR) is 74.6 cm³/mol. The lowest BCUT2D eigenvalue weighted by atomic mass is 10.2. The molecule has 19 heavy (non-hydrogen) atoms. The predicted octanol–water partition coefficient (Wildman–Crippen LogP) is 2.72. The van der Waals surface area contributed by atoms with E-state index in [9.17, 15) is 9.59 Å². The second-order valence-corrected chi connectivity index (χ2v) is 5.54. The second kappa shape index (κ2) is 5.85. The standard InChI is InChI=1S/C13H13BrN2O3/c1-5-9-6-10(14)7-15-11(9)16(8-17)12(18)19-13(2,3)4/h1,6-8H,2-4H3. The molecule has 0 fully saturated rings. The van der Waals surface area contributed by atoms with Gasteiger partial charge < -0.3 is 4.74 Å². The van der Waals surface area contributed by atoms with Crippen LogP contribution in [0.25, 0.3) is 0 Å². The number of terminal acetylenes is 1.